The van der Waals surface area contributed by atoms with Crippen molar-refractivity contribution in [3.05, 3.63) is 112 Å². The summed E-state index contributed by atoms with van der Waals surface area (Å²) >= 11 is 5.52. The highest BCUT2D eigenvalue weighted by molar-refractivity contribution is 7.80. The number of thiocarbonyl (C=S) groups is 1. The Labute approximate surface area is 310 Å². The highest BCUT2D eigenvalue weighted by atomic mass is 32.1. The summed E-state index contributed by atoms with van der Waals surface area (Å²) < 4.78 is 13.1. The fourth-order valence-corrected chi connectivity index (χ4v) is 7.14. The fourth-order valence-electron chi connectivity index (χ4n) is 6.97. The third-order valence-corrected chi connectivity index (χ3v) is 9.98. The van der Waals surface area contributed by atoms with Gasteiger partial charge in [-0.05, 0) is 99.5 Å². The average Bonchev–Trinajstić information content (AvgIpc) is 3.44. The molecule has 0 saturated heterocycles. The van der Waals surface area contributed by atoms with E-state index in [1.807, 2.05) is 42.5 Å². The van der Waals surface area contributed by atoms with Gasteiger partial charge in [0.15, 0.2) is 10.7 Å². The summed E-state index contributed by atoms with van der Waals surface area (Å²) in [4.78, 5) is 30.7. The molecule has 270 valence electrons. The Morgan fingerprint density at radius 1 is 0.769 bits per heavy atom. The van der Waals surface area contributed by atoms with Crippen LogP contribution in [0, 0.1) is 0 Å². The van der Waals surface area contributed by atoms with E-state index in [9.17, 15) is 19.6 Å². The predicted octanol–water partition coefficient (Wildman–Crippen LogP) is 4.02. The average molecular weight is 722 g/mol. The van der Waals surface area contributed by atoms with Crippen LogP contribution in [0.4, 0.5) is 11.4 Å². The van der Waals surface area contributed by atoms with Gasteiger partial charge in [0.1, 0.15) is 11.5 Å². The first-order chi connectivity index (χ1) is 25.1. The first-order valence-corrected chi connectivity index (χ1v) is 18.1. The van der Waals surface area contributed by atoms with Gasteiger partial charge >= 0.3 is 13.1 Å². The number of nitrogens with zero attached hydrogens (tertiary/aromatic N) is 2. The number of amides is 1. The second-order valence-electron chi connectivity index (χ2n) is 12.6. The molecule has 5 N–H and O–H groups in total. The van der Waals surface area contributed by atoms with Crippen LogP contribution in [0.25, 0.3) is 0 Å². The molecule has 2 aliphatic rings. The molecule has 2 aliphatic heterocycles. The lowest BCUT2D eigenvalue weighted by Crippen LogP contribution is -2.40. The molecule has 1 amide bonds. The second kappa shape index (κ2) is 15.6. The zero-order valence-electron chi connectivity index (χ0n) is 29.9. The van der Waals surface area contributed by atoms with E-state index in [1.165, 1.54) is 12.1 Å². The molecule has 6 rings (SSSR count). The Morgan fingerprint density at radius 3 is 1.98 bits per heavy atom. The monoisotopic (exact) mass is 721 g/mol. The summed E-state index contributed by atoms with van der Waals surface area (Å²) in [6.07, 6.45) is 0. The highest BCUT2D eigenvalue weighted by Crippen LogP contribution is 2.57. The molecule has 0 unspecified atom stereocenters. The molecule has 0 atom stereocenters. The number of fused-ring (bicyclic) bond motifs is 6. The zero-order valence-corrected chi connectivity index (χ0v) is 30.7. The Kier molecular flexibility index (Phi) is 11.0. The summed E-state index contributed by atoms with van der Waals surface area (Å²) in [5, 5.41) is 28.3. The van der Waals surface area contributed by atoms with Crippen LogP contribution >= 0.6 is 12.2 Å². The number of carbonyl (C=O) groups excluding carboxylic acids is 2. The van der Waals surface area contributed by atoms with E-state index in [4.69, 9.17) is 21.7 Å². The van der Waals surface area contributed by atoms with Gasteiger partial charge < -0.3 is 45.3 Å². The minimum Gasteiger partial charge on any atom is -0.456 e. The quantitative estimate of drug-likeness (QED) is 0.0593. The molecule has 1 spiro atoms. The first-order valence-electron chi connectivity index (χ1n) is 17.7. The van der Waals surface area contributed by atoms with Crippen molar-refractivity contribution < 1.29 is 29.1 Å². The number of nitrogens with one attached hydrogen (secondary N) is 3. The minimum atomic E-state index is -1.65. The molecule has 11 nitrogen and oxygen atoms in total. The second-order valence-corrected chi connectivity index (χ2v) is 13.0. The number of anilines is 2. The maximum atomic E-state index is 13.6. The van der Waals surface area contributed by atoms with Crippen LogP contribution < -0.4 is 35.9 Å². The van der Waals surface area contributed by atoms with E-state index in [-0.39, 0.29) is 11.4 Å². The molecule has 2 heterocycles. The van der Waals surface area contributed by atoms with Crippen molar-refractivity contribution in [2.75, 3.05) is 49.1 Å². The molecule has 0 fully saturated rings. The third kappa shape index (κ3) is 7.03. The van der Waals surface area contributed by atoms with Gasteiger partial charge in [-0.1, -0.05) is 18.2 Å². The van der Waals surface area contributed by atoms with Crippen molar-refractivity contribution >= 4 is 53.2 Å². The number of benzene rings is 4. The van der Waals surface area contributed by atoms with Gasteiger partial charge in [-0.15, -0.1) is 0 Å². The van der Waals surface area contributed by atoms with Crippen molar-refractivity contribution in [3.63, 3.8) is 0 Å². The van der Waals surface area contributed by atoms with E-state index in [0.717, 1.165) is 59.8 Å². The SMILES string of the molecule is CCN(CC)c1ccc2c(c1)Oc1cc(N(CC)CC)ccc1C21OC(=O)c2ccc(CNC(=S)NCCNC(=O)c3cccc(B(O)O)c3)cc21. The van der Waals surface area contributed by atoms with E-state index >= 15 is 0 Å². The number of hydrogen-bond donors (Lipinski definition) is 5. The maximum Gasteiger partial charge on any atom is 0.488 e. The Hall–Kier alpha value is -5.11. The van der Waals surface area contributed by atoms with Gasteiger partial charge in [0.25, 0.3) is 5.91 Å². The smallest absolute Gasteiger partial charge is 0.456 e. The molecule has 4 aromatic carbocycles. The van der Waals surface area contributed by atoms with Crippen molar-refractivity contribution in [2.24, 2.45) is 0 Å². The standard InChI is InChI=1S/C39H44BN5O6S/c1-5-44(6-2)28-13-16-31-34(22-28)50-35-23-29(45(7-3)8-4)14-17-32(35)39(31)33-20-25(12-15-30(33)37(47)51-39)24-43-38(52)42-19-18-41-36(46)26-10-9-11-27(21-26)40(48)49/h9-17,20-23,48-49H,5-8,18-19,24H2,1-4H3,(H,41,46)(H2,42,43,52). The molecule has 52 heavy (non-hydrogen) atoms. The summed E-state index contributed by atoms with van der Waals surface area (Å²) in [7, 11) is -1.65. The summed E-state index contributed by atoms with van der Waals surface area (Å²) in [5.41, 5.74) is 5.09. The number of ether oxygens (including phenoxy) is 2. The molecule has 0 saturated carbocycles. The summed E-state index contributed by atoms with van der Waals surface area (Å²) in [6, 6.07) is 24.1. The molecule has 4 aromatic rings. The number of esters is 1. The summed E-state index contributed by atoms with van der Waals surface area (Å²) in [6.45, 7) is 12.9. The normalized spacial score (nSPS) is 13.2. The molecule has 0 bridgehead atoms. The largest absolute Gasteiger partial charge is 0.488 e. The number of rotatable bonds is 13. The van der Waals surface area contributed by atoms with Gasteiger partial charge in [0, 0.05) is 91.6 Å². The van der Waals surface area contributed by atoms with Crippen LogP contribution in [0.15, 0.2) is 78.9 Å². The fraction of sp³-hybridized carbons (Fsp3) is 0.308. The van der Waals surface area contributed by atoms with Crippen LogP contribution in [-0.4, -0.2) is 73.4 Å². The zero-order chi connectivity index (χ0) is 37.0. The van der Waals surface area contributed by atoms with Crippen molar-refractivity contribution in [1.82, 2.24) is 16.0 Å². The predicted molar refractivity (Wildman–Crippen MR) is 208 cm³/mol. The van der Waals surface area contributed by atoms with Crippen molar-refractivity contribution in [2.45, 2.75) is 39.8 Å². The first kappa shape index (κ1) is 36.7. The van der Waals surface area contributed by atoms with Gasteiger partial charge in [0.2, 0.25) is 0 Å². The molecule has 0 aliphatic carbocycles. The highest BCUT2D eigenvalue weighted by Gasteiger charge is 2.53. The molecular weight excluding hydrogens is 677 g/mol. The Bertz CT molecular complexity index is 1920. The van der Waals surface area contributed by atoms with E-state index in [0.29, 0.717) is 47.4 Å². The van der Waals surface area contributed by atoms with E-state index in [1.54, 1.807) is 12.1 Å². The number of hydrogen-bond acceptors (Lipinski definition) is 9. The van der Waals surface area contributed by atoms with Crippen LogP contribution in [0.5, 0.6) is 11.5 Å². The van der Waals surface area contributed by atoms with Gasteiger partial charge in [-0.25, -0.2) is 4.79 Å². The van der Waals surface area contributed by atoms with Crippen LogP contribution in [-0.2, 0) is 16.9 Å². The van der Waals surface area contributed by atoms with E-state index < -0.39 is 18.7 Å². The van der Waals surface area contributed by atoms with Gasteiger partial charge in [-0.3, -0.25) is 4.79 Å². The molecule has 0 aromatic heterocycles. The lowest BCUT2D eigenvalue weighted by molar-refractivity contribution is 0.0224. The topological polar surface area (TPSA) is 136 Å². The summed E-state index contributed by atoms with van der Waals surface area (Å²) in [5.74, 6) is 0.562. The van der Waals surface area contributed by atoms with Crippen molar-refractivity contribution in [3.8, 4) is 11.5 Å². The van der Waals surface area contributed by atoms with Crippen LogP contribution in [0.1, 0.15) is 70.7 Å². The van der Waals surface area contributed by atoms with Crippen LogP contribution in [0.3, 0.4) is 0 Å². The van der Waals surface area contributed by atoms with Crippen LogP contribution in [0.2, 0.25) is 0 Å². The molecular formula is C39H44BN5O6S. The maximum absolute atomic E-state index is 13.6. The van der Waals surface area contributed by atoms with Gasteiger partial charge in [-0.2, -0.15) is 0 Å². The van der Waals surface area contributed by atoms with E-state index in [2.05, 4.69) is 65.6 Å². The number of carbonyl (C=O) groups is 2. The third-order valence-electron chi connectivity index (χ3n) is 9.69. The van der Waals surface area contributed by atoms with Crippen molar-refractivity contribution in [1.29, 1.82) is 0 Å². The molecule has 0 radical (unpaired) electrons. The minimum absolute atomic E-state index is 0.239. The lowest BCUT2D eigenvalue weighted by Gasteiger charge is -2.38. The Morgan fingerprint density at radius 2 is 1.38 bits per heavy atom. The Balaban J connectivity index is 1.23. The molecule has 13 heteroatoms. The van der Waals surface area contributed by atoms with Gasteiger partial charge in [0.05, 0.1) is 5.56 Å². The lowest BCUT2D eigenvalue weighted by atomic mass is 9.77.